The smallest absolute Gasteiger partial charge is 0.162 e. The van der Waals surface area contributed by atoms with Crippen LogP contribution < -0.4 is 4.90 Å². The lowest BCUT2D eigenvalue weighted by Gasteiger charge is -2.34. The van der Waals surface area contributed by atoms with Gasteiger partial charge in [-0.2, -0.15) is 5.10 Å². The number of morpholine rings is 1. The van der Waals surface area contributed by atoms with Crippen molar-refractivity contribution in [1.29, 1.82) is 0 Å². The molecule has 6 rings (SSSR count). The number of anilines is 1. The minimum Gasteiger partial charge on any atom is -0.377 e. The number of rotatable bonds is 4. The van der Waals surface area contributed by atoms with E-state index in [1.54, 1.807) is 10.9 Å². The van der Waals surface area contributed by atoms with Crippen molar-refractivity contribution in [2.45, 2.75) is 26.8 Å². The van der Waals surface area contributed by atoms with Crippen LogP contribution in [-0.4, -0.2) is 55.5 Å². The normalized spacial score (nSPS) is 16.1. The highest BCUT2D eigenvalue weighted by molar-refractivity contribution is 5.93. The van der Waals surface area contributed by atoms with E-state index < -0.39 is 5.82 Å². The van der Waals surface area contributed by atoms with Gasteiger partial charge in [-0.05, 0) is 32.9 Å². The lowest BCUT2D eigenvalue weighted by Crippen LogP contribution is -2.44. The molecule has 0 aliphatic carbocycles. The molecule has 182 valence electrons. The minimum atomic E-state index is -0.408. The molecule has 36 heavy (non-hydrogen) atoms. The van der Waals surface area contributed by atoms with E-state index in [4.69, 9.17) is 19.8 Å². The molecular formula is C27H26FN7O. The number of H-pyrrole nitrogens is 1. The highest BCUT2D eigenvalue weighted by atomic mass is 19.1. The first-order valence-corrected chi connectivity index (χ1v) is 12.0. The van der Waals surface area contributed by atoms with Crippen molar-refractivity contribution in [1.82, 2.24) is 29.7 Å². The molecule has 5 aromatic rings. The third-order valence-electron chi connectivity index (χ3n) is 6.69. The summed E-state index contributed by atoms with van der Waals surface area (Å²) in [4.78, 5) is 19.6. The van der Waals surface area contributed by atoms with Gasteiger partial charge in [0.2, 0.25) is 0 Å². The zero-order valence-corrected chi connectivity index (χ0v) is 20.4. The first kappa shape index (κ1) is 22.4. The number of aryl methyl sites for hydroxylation is 1. The third-order valence-corrected chi connectivity index (χ3v) is 6.69. The highest BCUT2D eigenvalue weighted by Gasteiger charge is 2.24. The van der Waals surface area contributed by atoms with Gasteiger partial charge in [0.25, 0.3) is 0 Å². The number of aromatic amines is 1. The van der Waals surface area contributed by atoms with Crippen molar-refractivity contribution in [3.8, 4) is 28.3 Å². The van der Waals surface area contributed by atoms with Gasteiger partial charge in [-0.3, -0.25) is 4.98 Å². The number of ether oxygens (including phenoxy) is 1. The molecular weight excluding hydrogens is 457 g/mol. The Labute approximate surface area is 207 Å². The van der Waals surface area contributed by atoms with Gasteiger partial charge < -0.3 is 14.6 Å². The number of hydrogen-bond donors (Lipinski definition) is 1. The lowest BCUT2D eigenvalue weighted by atomic mass is 10.1. The molecule has 0 saturated carbocycles. The quantitative estimate of drug-likeness (QED) is 0.393. The number of hydrogen-bond acceptors (Lipinski definition) is 6. The molecule has 1 aliphatic rings. The Balaban J connectivity index is 1.56. The van der Waals surface area contributed by atoms with Gasteiger partial charge in [0.1, 0.15) is 11.6 Å². The van der Waals surface area contributed by atoms with Gasteiger partial charge in [-0.25, -0.2) is 19.0 Å². The average molecular weight is 484 g/mol. The van der Waals surface area contributed by atoms with Crippen LogP contribution in [0.1, 0.15) is 18.3 Å². The van der Waals surface area contributed by atoms with Crippen LogP contribution in [0.3, 0.4) is 0 Å². The van der Waals surface area contributed by atoms with E-state index in [1.807, 2.05) is 50.4 Å². The molecule has 1 saturated heterocycles. The maximum absolute atomic E-state index is 13.9. The number of aromatic nitrogens is 6. The van der Waals surface area contributed by atoms with E-state index >= 15 is 0 Å². The second kappa shape index (κ2) is 8.83. The summed E-state index contributed by atoms with van der Waals surface area (Å²) >= 11 is 0. The van der Waals surface area contributed by atoms with Crippen LogP contribution in [0.25, 0.3) is 39.2 Å². The maximum atomic E-state index is 13.9. The Bertz CT molecular complexity index is 1570. The van der Waals surface area contributed by atoms with Crippen molar-refractivity contribution < 1.29 is 9.13 Å². The minimum absolute atomic E-state index is 0.181. The average Bonchev–Trinajstić information content (AvgIpc) is 3.48. The Morgan fingerprint density at radius 2 is 2.00 bits per heavy atom. The van der Waals surface area contributed by atoms with Crippen LogP contribution in [0.15, 0.2) is 55.0 Å². The standard InChI is InChI=1S/C27H26FN7O/c1-16-15-36-10-9-34(16)25-12-24(31-27(32-25)22-5-4-6-23-21(22)7-8-30-23)26-17(2)33-35(18(26)3)20-11-19(28)13-29-14-20/h4-8,11-14,16,30H,9-10,15H2,1-3H3/t16-/m1/s1. The predicted octanol–water partition coefficient (Wildman–Crippen LogP) is 4.85. The van der Waals surface area contributed by atoms with Gasteiger partial charge in [0.05, 0.1) is 54.4 Å². The van der Waals surface area contributed by atoms with Crippen LogP contribution in [0, 0.1) is 19.7 Å². The van der Waals surface area contributed by atoms with Gasteiger partial charge >= 0.3 is 0 Å². The molecule has 0 bridgehead atoms. The van der Waals surface area contributed by atoms with Gasteiger partial charge in [0, 0.05) is 46.9 Å². The summed E-state index contributed by atoms with van der Waals surface area (Å²) in [5.41, 5.74) is 5.86. The fraction of sp³-hybridized carbons (Fsp3) is 0.259. The van der Waals surface area contributed by atoms with Crippen molar-refractivity contribution in [2.75, 3.05) is 24.7 Å². The molecule has 0 unspecified atom stereocenters. The summed E-state index contributed by atoms with van der Waals surface area (Å²) in [6.07, 6.45) is 4.71. The van der Waals surface area contributed by atoms with Crippen LogP contribution >= 0.6 is 0 Å². The summed E-state index contributed by atoms with van der Waals surface area (Å²) in [6.45, 7) is 8.08. The van der Waals surface area contributed by atoms with Crippen LogP contribution in [0.2, 0.25) is 0 Å². The third kappa shape index (κ3) is 3.81. The van der Waals surface area contributed by atoms with Crippen molar-refractivity contribution >= 4 is 16.7 Å². The van der Waals surface area contributed by atoms with E-state index in [9.17, 15) is 4.39 Å². The summed E-state index contributed by atoms with van der Waals surface area (Å²) < 4.78 is 21.3. The molecule has 9 heteroatoms. The van der Waals surface area contributed by atoms with Crippen LogP contribution in [-0.2, 0) is 4.74 Å². The topological polar surface area (TPSA) is 84.8 Å². The maximum Gasteiger partial charge on any atom is 0.162 e. The molecule has 0 amide bonds. The number of nitrogens with zero attached hydrogens (tertiary/aromatic N) is 6. The van der Waals surface area contributed by atoms with Crippen molar-refractivity contribution in [2.24, 2.45) is 0 Å². The van der Waals surface area contributed by atoms with Crippen molar-refractivity contribution in [3.63, 3.8) is 0 Å². The van der Waals surface area contributed by atoms with Gasteiger partial charge in [0.15, 0.2) is 5.82 Å². The number of benzene rings is 1. The molecule has 8 nitrogen and oxygen atoms in total. The molecule has 0 spiro atoms. The fourth-order valence-electron chi connectivity index (χ4n) is 4.96. The summed E-state index contributed by atoms with van der Waals surface area (Å²) in [6, 6.07) is 11.8. The zero-order chi connectivity index (χ0) is 24.8. The van der Waals surface area contributed by atoms with E-state index in [-0.39, 0.29) is 6.04 Å². The van der Waals surface area contributed by atoms with Gasteiger partial charge in [-0.15, -0.1) is 0 Å². The monoisotopic (exact) mass is 483 g/mol. The molecule has 1 aromatic carbocycles. The Hall–Kier alpha value is -4.11. The van der Waals surface area contributed by atoms with E-state index in [0.29, 0.717) is 24.7 Å². The molecule has 1 aliphatic heterocycles. The molecule has 5 heterocycles. The molecule has 4 aromatic heterocycles. The van der Waals surface area contributed by atoms with Gasteiger partial charge in [-0.1, -0.05) is 12.1 Å². The Morgan fingerprint density at radius 3 is 2.83 bits per heavy atom. The second-order valence-corrected chi connectivity index (χ2v) is 9.12. The van der Waals surface area contributed by atoms with Crippen molar-refractivity contribution in [3.05, 3.63) is 72.2 Å². The van der Waals surface area contributed by atoms with E-state index in [1.165, 1.54) is 12.3 Å². The zero-order valence-electron chi connectivity index (χ0n) is 20.4. The predicted molar refractivity (Wildman–Crippen MR) is 137 cm³/mol. The first-order chi connectivity index (χ1) is 17.5. The number of nitrogens with one attached hydrogen (secondary N) is 1. The molecule has 1 fully saturated rings. The summed E-state index contributed by atoms with van der Waals surface area (Å²) in [5.74, 6) is 1.08. The largest absolute Gasteiger partial charge is 0.377 e. The SMILES string of the molecule is Cc1nn(-c2cncc(F)c2)c(C)c1-c1cc(N2CCOC[C@H]2C)nc(-c2cccc3[nH]ccc23)n1. The summed E-state index contributed by atoms with van der Waals surface area (Å²) in [7, 11) is 0. The molecule has 1 N–H and O–H groups in total. The molecule has 1 atom stereocenters. The first-order valence-electron chi connectivity index (χ1n) is 12.0. The van der Waals surface area contributed by atoms with E-state index in [0.717, 1.165) is 51.5 Å². The second-order valence-electron chi connectivity index (χ2n) is 9.12. The molecule has 0 radical (unpaired) electrons. The highest BCUT2D eigenvalue weighted by Crippen LogP contribution is 2.34. The lowest BCUT2D eigenvalue weighted by molar-refractivity contribution is 0.0985. The Morgan fingerprint density at radius 1 is 1.11 bits per heavy atom. The summed E-state index contributed by atoms with van der Waals surface area (Å²) in [5, 5.41) is 5.77. The van der Waals surface area contributed by atoms with Crippen LogP contribution in [0.5, 0.6) is 0 Å². The Kier molecular flexibility index (Phi) is 5.49. The van der Waals surface area contributed by atoms with Crippen LogP contribution in [0.4, 0.5) is 10.2 Å². The number of halogens is 1. The fourth-order valence-corrected chi connectivity index (χ4v) is 4.96. The number of pyridine rings is 1. The van der Waals surface area contributed by atoms with E-state index in [2.05, 4.69) is 21.8 Å². The number of fused-ring (bicyclic) bond motifs is 1.